The van der Waals surface area contributed by atoms with Gasteiger partial charge in [0.2, 0.25) is 0 Å². The van der Waals surface area contributed by atoms with Crippen molar-refractivity contribution in [3.05, 3.63) is 71.3 Å². The summed E-state index contributed by atoms with van der Waals surface area (Å²) in [5.41, 5.74) is 3.80. The zero-order valence-electron chi connectivity index (χ0n) is 19.5. The molecule has 0 spiro atoms. The smallest absolute Gasteiger partial charge is 0.331 e. The number of hydrogen-bond acceptors (Lipinski definition) is 3. The van der Waals surface area contributed by atoms with E-state index in [-0.39, 0.29) is 5.56 Å². The molecule has 0 unspecified atom stereocenters. The molecule has 0 saturated carbocycles. The van der Waals surface area contributed by atoms with Crippen molar-refractivity contribution in [1.29, 1.82) is 0 Å². The SMILES string of the molecule is [2H]C([2H])([2H])N1C(=O)c2cccc(C#C)c2[C@H]2C[C@@H]1c1nc3ccc(-c4cnn(C(F)F)c4)cc3n12. The molecule has 2 aromatic heterocycles. The Morgan fingerprint density at radius 2 is 2.12 bits per heavy atom. The normalized spacial score (nSPS) is 21.0. The third-order valence-corrected chi connectivity index (χ3v) is 6.26. The summed E-state index contributed by atoms with van der Waals surface area (Å²) >= 11 is 0. The van der Waals surface area contributed by atoms with E-state index in [9.17, 15) is 13.6 Å². The van der Waals surface area contributed by atoms with Crippen molar-refractivity contribution < 1.29 is 17.7 Å². The second-order valence-corrected chi connectivity index (χ2v) is 7.88. The zero-order valence-corrected chi connectivity index (χ0v) is 16.5. The number of fused-ring (bicyclic) bond motifs is 9. The van der Waals surface area contributed by atoms with Crippen LogP contribution in [0.3, 0.4) is 0 Å². The fourth-order valence-corrected chi connectivity index (χ4v) is 4.85. The molecule has 2 aliphatic rings. The quantitative estimate of drug-likeness (QED) is 0.442. The summed E-state index contributed by atoms with van der Waals surface area (Å²) < 4.78 is 52.9. The molecule has 2 aromatic carbocycles. The predicted molar refractivity (Wildman–Crippen MR) is 114 cm³/mol. The molecule has 0 fully saturated rings. The fraction of sp³-hybridized carbons (Fsp3) is 0.208. The lowest BCUT2D eigenvalue weighted by atomic mass is 9.93. The van der Waals surface area contributed by atoms with Crippen LogP contribution in [0.15, 0.2) is 48.8 Å². The molecule has 0 saturated heterocycles. The van der Waals surface area contributed by atoms with Gasteiger partial charge < -0.3 is 9.47 Å². The minimum absolute atomic E-state index is 0.255. The van der Waals surface area contributed by atoms with Gasteiger partial charge in [0.05, 0.1) is 29.3 Å². The van der Waals surface area contributed by atoms with Crippen LogP contribution in [0.2, 0.25) is 0 Å². The monoisotopic (exact) mass is 432 g/mol. The highest BCUT2D eigenvalue weighted by molar-refractivity contribution is 5.98. The first-order valence-corrected chi connectivity index (χ1v) is 9.97. The van der Waals surface area contributed by atoms with E-state index in [1.807, 2.05) is 10.6 Å². The van der Waals surface area contributed by atoms with Crippen molar-refractivity contribution in [2.24, 2.45) is 0 Å². The number of alkyl halides is 2. The fourth-order valence-electron chi connectivity index (χ4n) is 4.85. The summed E-state index contributed by atoms with van der Waals surface area (Å²) in [7, 11) is 0. The molecule has 6 rings (SSSR count). The first kappa shape index (κ1) is 15.8. The number of halogens is 2. The summed E-state index contributed by atoms with van der Waals surface area (Å²) in [5, 5.41) is 3.71. The van der Waals surface area contributed by atoms with Gasteiger partial charge in [-0.15, -0.1) is 6.42 Å². The average molecular weight is 432 g/mol. The van der Waals surface area contributed by atoms with E-state index in [0.717, 1.165) is 4.90 Å². The number of rotatable bonds is 2. The van der Waals surface area contributed by atoms with E-state index in [1.165, 1.54) is 12.4 Å². The molecule has 4 aromatic rings. The van der Waals surface area contributed by atoms with E-state index in [0.29, 0.717) is 50.2 Å². The van der Waals surface area contributed by atoms with Crippen molar-refractivity contribution in [2.45, 2.75) is 25.1 Å². The molecule has 32 heavy (non-hydrogen) atoms. The van der Waals surface area contributed by atoms with Crippen molar-refractivity contribution in [2.75, 3.05) is 6.98 Å². The lowest BCUT2D eigenvalue weighted by Crippen LogP contribution is -2.30. The largest absolute Gasteiger partial charge is 0.333 e. The number of carbonyl (C=O) groups is 1. The lowest BCUT2D eigenvalue weighted by molar-refractivity contribution is 0.0566. The Morgan fingerprint density at radius 3 is 2.88 bits per heavy atom. The van der Waals surface area contributed by atoms with Crippen LogP contribution in [0.5, 0.6) is 0 Å². The van der Waals surface area contributed by atoms with Gasteiger partial charge in [-0.2, -0.15) is 13.9 Å². The summed E-state index contributed by atoms with van der Waals surface area (Å²) in [6.07, 6.45) is 8.70. The number of amides is 1. The van der Waals surface area contributed by atoms with Crippen LogP contribution >= 0.6 is 0 Å². The highest BCUT2D eigenvalue weighted by Crippen LogP contribution is 2.48. The molecular formula is C24H17F2N5O. The summed E-state index contributed by atoms with van der Waals surface area (Å²) in [5.74, 6) is 2.48. The first-order valence-electron chi connectivity index (χ1n) is 11.5. The summed E-state index contributed by atoms with van der Waals surface area (Å²) in [6.45, 7) is -5.45. The van der Waals surface area contributed by atoms with Gasteiger partial charge in [-0.1, -0.05) is 18.1 Å². The van der Waals surface area contributed by atoms with Crippen molar-refractivity contribution in [3.63, 3.8) is 0 Å². The van der Waals surface area contributed by atoms with Crippen LogP contribution in [0.25, 0.3) is 22.2 Å². The molecule has 2 atom stereocenters. The van der Waals surface area contributed by atoms with Gasteiger partial charge in [0, 0.05) is 46.0 Å². The van der Waals surface area contributed by atoms with Crippen molar-refractivity contribution in [1.82, 2.24) is 24.2 Å². The summed E-state index contributed by atoms with van der Waals surface area (Å²) in [4.78, 5) is 19.1. The van der Waals surface area contributed by atoms with Gasteiger partial charge in [0.15, 0.2) is 0 Å². The molecule has 8 heteroatoms. The van der Waals surface area contributed by atoms with Crippen molar-refractivity contribution in [3.8, 4) is 23.5 Å². The Kier molecular flexibility index (Phi) is 3.20. The summed E-state index contributed by atoms with van der Waals surface area (Å²) in [6, 6.07) is 9.08. The van der Waals surface area contributed by atoms with E-state index in [1.54, 1.807) is 30.3 Å². The third kappa shape index (κ3) is 2.42. The number of benzene rings is 2. The number of nitrogens with zero attached hydrogens (tertiary/aromatic N) is 5. The minimum Gasteiger partial charge on any atom is -0.331 e. The minimum atomic E-state index is -2.75. The number of imidazole rings is 1. The van der Waals surface area contributed by atoms with Gasteiger partial charge in [-0.3, -0.25) is 4.79 Å². The highest BCUT2D eigenvalue weighted by atomic mass is 19.3. The van der Waals surface area contributed by atoms with Crippen LogP contribution in [-0.4, -0.2) is 37.1 Å². The first-order chi connectivity index (χ1) is 16.7. The Bertz CT molecular complexity index is 1570. The highest BCUT2D eigenvalue weighted by Gasteiger charge is 2.44. The maximum Gasteiger partial charge on any atom is 0.333 e. The second kappa shape index (κ2) is 6.50. The Balaban J connectivity index is 1.61. The van der Waals surface area contributed by atoms with E-state index in [4.69, 9.17) is 15.5 Å². The molecule has 2 bridgehead atoms. The molecule has 0 aliphatic carbocycles. The molecular weight excluding hydrogens is 412 g/mol. The zero-order chi connectivity index (χ0) is 24.6. The molecule has 2 aliphatic heterocycles. The Morgan fingerprint density at radius 1 is 1.25 bits per heavy atom. The van der Waals surface area contributed by atoms with E-state index in [2.05, 4.69) is 11.0 Å². The predicted octanol–water partition coefficient (Wildman–Crippen LogP) is 4.40. The van der Waals surface area contributed by atoms with Crippen LogP contribution in [0, 0.1) is 12.3 Å². The number of carbonyl (C=O) groups excluding carboxylic acids is 1. The average Bonchev–Trinajstić information content (AvgIpc) is 3.50. The second-order valence-electron chi connectivity index (χ2n) is 7.88. The van der Waals surface area contributed by atoms with Crippen LogP contribution in [-0.2, 0) is 0 Å². The van der Waals surface area contributed by atoms with Crippen LogP contribution in [0.1, 0.15) is 56.5 Å². The van der Waals surface area contributed by atoms with E-state index >= 15 is 0 Å². The topological polar surface area (TPSA) is 56.0 Å². The maximum atomic E-state index is 13.5. The molecule has 0 radical (unpaired) electrons. The van der Waals surface area contributed by atoms with Gasteiger partial charge in [-0.05, 0) is 29.8 Å². The number of terminal acetylenes is 1. The van der Waals surface area contributed by atoms with Gasteiger partial charge in [0.1, 0.15) is 5.82 Å². The van der Waals surface area contributed by atoms with Gasteiger partial charge >= 0.3 is 6.55 Å². The van der Waals surface area contributed by atoms with Crippen molar-refractivity contribution >= 4 is 16.9 Å². The van der Waals surface area contributed by atoms with Crippen LogP contribution < -0.4 is 0 Å². The Labute approximate surface area is 186 Å². The molecule has 158 valence electrons. The van der Waals surface area contributed by atoms with Gasteiger partial charge in [0.25, 0.3) is 5.91 Å². The molecule has 0 N–H and O–H groups in total. The third-order valence-electron chi connectivity index (χ3n) is 6.26. The number of hydrogen-bond donors (Lipinski definition) is 0. The molecule has 4 heterocycles. The van der Waals surface area contributed by atoms with Crippen LogP contribution in [0.4, 0.5) is 8.78 Å². The standard InChI is InChI=1S/C24H17F2N5O/c1-3-13-5-4-6-16-21(13)19-10-20(29(2)23(16)32)22-28-17-8-7-14(9-18(17)31(19)22)15-11-27-30(12-15)24(25)26/h1,4-9,11-12,19-20,24H,10H2,2H3/t19-,20-/m1/s1/i2D3. The molecule has 6 nitrogen and oxygen atoms in total. The lowest BCUT2D eigenvalue weighted by Gasteiger charge is -2.24. The number of aromatic nitrogens is 4. The van der Waals surface area contributed by atoms with E-state index < -0.39 is 31.5 Å². The Hall–Kier alpha value is -3.99. The van der Waals surface area contributed by atoms with Gasteiger partial charge in [-0.25, -0.2) is 9.67 Å². The maximum absolute atomic E-state index is 13.5. The molecule has 1 amide bonds.